The summed E-state index contributed by atoms with van der Waals surface area (Å²) in [4.78, 5) is 12.4. The first-order chi connectivity index (χ1) is 12.8. The Morgan fingerprint density at radius 3 is 2.77 bits per heavy atom. The number of aromatic amines is 1. The van der Waals surface area contributed by atoms with Crippen molar-refractivity contribution in [2.45, 2.75) is 17.8 Å². The molecule has 0 spiro atoms. The number of H-pyrrole nitrogens is 1. The Morgan fingerprint density at radius 1 is 1.08 bits per heavy atom. The molecular formula is C19H23N3O3S. The molecule has 0 amide bonds. The zero-order valence-corrected chi connectivity index (χ0v) is 15.8. The molecule has 0 atom stereocenters. The van der Waals surface area contributed by atoms with E-state index in [-0.39, 0.29) is 0 Å². The van der Waals surface area contributed by atoms with Gasteiger partial charge in [-0.05, 0) is 25.1 Å². The lowest BCUT2D eigenvalue weighted by atomic mass is 10.2. The van der Waals surface area contributed by atoms with Crippen molar-refractivity contribution >= 4 is 22.8 Å². The van der Waals surface area contributed by atoms with Gasteiger partial charge < -0.3 is 19.2 Å². The fourth-order valence-corrected chi connectivity index (χ4v) is 3.36. The fourth-order valence-electron chi connectivity index (χ4n) is 2.45. The molecule has 1 N–H and O–H groups in total. The lowest BCUT2D eigenvalue weighted by Gasteiger charge is -2.12. The monoisotopic (exact) mass is 373 g/mol. The lowest BCUT2D eigenvalue weighted by Crippen LogP contribution is -2.11. The predicted octanol–water partition coefficient (Wildman–Crippen LogP) is 3.60. The first-order valence-electron chi connectivity index (χ1n) is 8.49. The van der Waals surface area contributed by atoms with E-state index in [1.807, 2.05) is 37.3 Å². The summed E-state index contributed by atoms with van der Waals surface area (Å²) >= 11 is 1.64. The molecule has 0 fully saturated rings. The summed E-state index contributed by atoms with van der Waals surface area (Å²) in [5, 5.41) is 0.894. The molecule has 3 rings (SSSR count). The van der Waals surface area contributed by atoms with Crippen molar-refractivity contribution in [3.63, 3.8) is 0 Å². The maximum absolute atomic E-state index is 5.82. The summed E-state index contributed by atoms with van der Waals surface area (Å²) in [5.41, 5.74) is 4.07. The van der Waals surface area contributed by atoms with E-state index in [1.165, 1.54) is 0 Å². The third-order valence-corrected chi connectivity index (χ3v) is 4.77. The molecule has 2 aromatic heterocycles. The van der Waals surface area contributed by atoms with Crippen LogP contribution in [0, 0.1) is 6.92 Å². The number of imidazole rings is 1. The van der Waals surface area contributed by atoms with Gasteiger partial charge in [0.25, 0.3) is 0 Å². The molecule has 0 bridgehead atoms. The van der Waals surface area contributed by atoms with E-state index >= 15 is 0 Å². The van der Waals surface area contributed by atoms with Gasteiger partial charge in [-0.15, -0.1) is 0 Å². The second kappa shape index (κ2) is 9.56. The molecule has 2 heterocycles. The van der Waals surface area contributed by atoms with E-state index in [4.69, 9.17) is 14.2 Å². The summed E-state index contributed by atoms with van der Waals surface area (Å²) in [6.45, 7) is 4.24. The van der Waals surface area contributed by atoms with Gasteiger partial charge in [0.2, 0.25) is 0 Å². The summed E-state index contributed by atoms with van der Waals surface area (Å²) < 4.78 is 16.2. The van der Waals surface area contributed by atoms with Gasteiger partial charge >= 0.3 is 0 Å². The van der Waals surface area contributed by atoms with Gasteiger partial charge in [0.1, 0.15) is 12.4 Å². The van der Waals surface area contributed by atoms with Gasteiger partial charge in [-0.1, -0.05) is 23.9 Å². The highest BCUT2D eigenvalue weighted by Gasteiger charge is 2.09. The van der Waals surface area contributed by atoms with Gasteiger partial charge in [-0.2, -0.15) is 0 Å². The predicted molar refractivity (Wildman–Crippen MR) is 103 cm³/mol. The first kappa shape index (κ1) is 18.7. The maximum atomic E-state index is 5.82. The number of hydrogen-bond acceptors (Lipinski definition) is 6. The number of nitrogens with zero attached hydrogens (tertiary/aromatic N) is 2. The molecule has 1 aromatic carbocycles. The molecule has 0 unspecified atom stereocenters. The van der Waals surface area contributed by atoms with Crippen LogP contribution < -0.4 is 4.74 Å². The Balaban J connectivity index is 1.54. The van der Waals surface area contributed by atoms with Crippen LogP contribution in [0.25, 0.3) is 11.0 Å². The summed E-state index contributed by atoms with van der Waals surface area (Å²) in [5.74, 6) is 1.57. The Hall–Kier alpha value is -2.09. The minimum atomic E-state index is 0.505. The number of pyridine rings is 1. The van der Waals surface area contributed by atoms with Gasteiger partial charge in [-0.25, -0.2) is 4.98 Å². The molecule has 0 saturated carbocycles. The molecule has 3 aromatic rings. The van der Waals surface area contributed by atoms with Crippen LogP contribution in [-0.2, 0) is 15.2 Å². The average molecular weight is 373 g/mol. The number of nitrogens with one attached hydrogen (secondary N) is 1. The zero-order valence-electron chi connectivity index (χ0n) is 15.0. The highest BCUT2D eigenvalue weighted by atomic mass is 32.2. The van der Waals surface area contributed by atoms with Crippen LogP contribution in [-0.4, -0.2) is 48.5 Å². The quantitative estimate of drug-likeness (QED) is 0.433. The molecular weight excluding hydrogens is 350 g/mol. The first-order valence-corrected chi connectivity index (χ1v) is 9.48. The fraction of sp³-hybridized carbons (Fsp3) is 0.368. The molecule has 0 saturated heterocycles. The summed E-state index contributed by atoms with van der Waals surface area (Å²) in [6, 6.07) is 9.91. The number of methoxy groups -OCH3 is 1. The highest BCUT2D eigenvalue weighted by Crippen LogP contribution is 2.26. The van der Waals surface area contributed by atoms with Crippen LogP contribution in [0.2, 0.25) is 0 Å². The van der Waals surface area contributed by atoms with Crippen LogP contribution >= 0.6 is 11.8 Å². The SMILES string of the molecule is COCCOCCOc1ccnc(CSc2nc3ccccc3[nH]2)c1C. The Morgan fingerprint density at radius 2 is 1.92 bits per heavy atom. The van der Waals surface area contributed by atoms with Gasteiger partial charge in [-0.3, -0.25) is 4.98 Å². The van der Waals surface area contributed by atoms with E-state index in [0.717, 1.165) is 38.9 Å². The normalized spacial score (nSPS) is 11.2. The van der Waals surface area contributed by atoms with E-state index in [0.29, 0.717) is 26.4 Å². The Labute approximate surface area is 157 Å². The van der Waals surface area contributed by atoms with Crippen LogP contribution in [0.4, 0.5) is 0 Å². The van der Waals surface area contributed by atoms with Crippen molar-refractivity contribution in [1.82, 2.24) is 15.0 Å². The smallest absolute Gasteiger partial charge is 0.166 e. The van der Waals surface area contributed by atoms with Crippen molar-refractivity contribution in [2.75, 3.05) is 33.5 Å². The molecule has 26 heavy (non-hydrogen) atoms. The van der Waals surface area contributed by atoms with E-state index < -0.39 is 0 Å². The van der Waals surface area contributed by atoms with E-state index in [1.54, 1.807) is 25.1 Å². The van der Waals surface area contributed by atoms with Crippen LogP contribution in [0.3, 0.4) is 0 Å². The minimum Gasteiger partial charge on any atom is -0.491 e. The number of rotatable bonds is 10. The average Bonchev–Trinajstić information content (AvgIpc) is 3.07. The molecule has 6 nitrogen and oxygen atoms in total. The minimum absolute atomic E-state index is 0.505. The van der Waals surface area contributed by atoms with Crippen molar-refractivity contribution < 1.29 is 14.2 Å². The topological polar surface area (TPSA) is 69.3 Å². The van der Waals surface area contributed by atoms with E-state index in [9.17, 15) is 0 Å². The molecule has 138 valence electrons. The van der Waals surface area contributed by atoms with Gasteiger partial charge in [0.15, 0.2) is 5.16 Å². The third-order valence-electron chi connectivity index (χ3n) is 3.89. The van der Waals surface area contributed by atoms with Crippen LogP contribution in [0.15, 0.2) is 41.7 Å². The molecule has 0 aliphatic carbocycles. The number of benzene rings is 1. The number of thioether (sulfide) groups is 1. The standard InChI is InChI=1S/C19H23N3O3S/c1-14-17(13-26-19-21-15-5-3-4-6-16(15)22-19)20-8-7-18(14)25-12-11-24-10-9-23-2/h3-8H,9-13H2,1-2H3,(H,21,22). The third kappa shape index (κ3) is 4.97. The van der Waals surface area contributed by atoms with Crippen molar-refractivity contribution in [3.05, 3.63) is 47.8 Å². The van der Waals surface area contributed by atoms with Crippen molar-refractivity contribution in [1.29, 1.82) is 0 Å². The molecule has 0 radical (unpaired) electrons. The largest absolute Gasteiger partial charge is 0.491 e. The number of ether oxygens (including phenoxy) is 3. The van der Waals surface area contributed by atoms with Gasteiger partial charge in [0, 0.05) is 24.6 Å². The van der Waals surface area contributed by atoms with Gasteiger partial charge in [0.05, 0.1) is 36.5 Å². The number of aromatic nitrogens is 3. The van der Waals surface area contributed by atoms with E-state index in [2.05, 4.69) is 15.0 Å². The van der Waals surface area contributed by atoms with Crippen LogP contribution in [0.5, 0.6) is 5.75 Å². The van der Waals surface area contributed by atoms with Crippen LogP contribution in [0.1, 0.15) is 11.3 Å². The zero-order chi connectivity index (χ0) is 18.2. The Bertz CT molecular complexity index is 805. The van der Waals surface area contributed by atoms with Crippen molar-refractivity contribution in [3.8, 4) is 5.75 Å². The molecule has 0 aliphatic rings. The number of hydrogen-bond donors (Lipinski definition) is 1. The lowest BCUT2D eigenvalue weighted by molar-refractivity contribution is 0.0543. The highest BCUT2D eigenvalue weighted by molar-refractivity contribution is 7.98. The second-order valence-corrected chi connectivity index (χ2v) is 6.65. The molecule has 7 heteroatoms. The number of para-hydroxylation sites is 2. The molecule has 0 aliphatic heterocycles. The summed E-state index contributed by atoms with van der Waals surface area (Å²) in [7, 11) is 1.66. The van der Waals surface area contributed by atoms with Crippen molar-refractivity contribution in [2.24, 2.45) is 0 Å². The maximum Gasteiger partial charge on any atom is 0.166 e. The Kier molecular flexibility index (Phi) is 6.88. The summed E-state index contributed by atoms with van der Waals surface area (Å²) in [6.07, 6.45) is 1.78. The number of fused-ring (bicyclic) bond motifs is 1. The second-order valence-electron chi connectivity index (χ2n) is 5.68.